The Labute approximate surface area is 103 Å². The molecule has 0 saturated carbocycles. The highest BCUT2D eigenvalue weighted by molar-refractivity contribution is 5.98. The number of nitrogens with two attached hydrogens (primary N) is 3. The van der Waals surface area contributed by atoms with E-state index >= 15 is 0 Å². The van der Waals surface area contributed by atoms with E-state index in [1.54, 1.807) is 12.1 Å². The molecule has 0 aliphatic heterocycles. The van der Waals surface area contributed by atoms with Gasteiger partial charge in [0.25, 0.3) is 5.91 Å². The van der Waals surface area contributed by atoms with Gasteiger partial charge in [-0.25, -0.2) is 0 Å². The number of carbonyl (C=O) groups excluding carboxylic acids is 3. The minimum absolute atomic E-state index is 0.305. The Morgan fingerprint density at radius 1 is 1.11 bits per heavy atom. The van der Waals surface area contributed by atoms with E-state index < -0.39 is 23.8 Å². The quantitative estimate of drug-likeness (QED) is 0.483. The third-order valence-corrected chi connectivity index (χ3v) is 2.23. The van der Waals surface area contributed by atoms with E-state index in [0.717, 1.165) is 0 Å². The first-order valence-electron chi connectivity index (χ1n) is 5.14. The van der Waals surface area contributed by atoms with Crippen molar-refractivity contribution in [2.45, 2.75) is 12.5 Å². The summed E-state index contributed by atoms with van der Waals surface area (Å²) in [7, 11) is 0. The van der Waals surface area contributed by atoms with Crippen molar-refractivity contribution in [1.29, 1.82) is 0 Å². The van der Waals surface area contributed by atoms with Gasteiger partial charge in [-0.2, -0.15) is 0 Å². The fourth-order valence-corrected chi connectivity index (χ4v) is 1.30. The van der Waals surface area contributed by atoms with E-state index in [0.29, 0.717) is 11.3 Å². The minimum Gasteiger partial charge on any atom is -0.399 e. The Kier molecular flexibility index (Phi) is 4.25. The van der Waals surface area contributed by atoms with Gasteiger partial charge in [0.1, 0.15) is 6.04 Å². The van der Waals surface area contributed by atoms with Gasteiger partial charge < -0.3 is 22.5 Å². The molecule has 96 valence electrons. The van der Waals surface area contributed by atoms with E-state index in [2.05, 4.69) is 5.32 Å². The Bertz CT molecular complexity index is 470. The molecule has 1 rings (SSSR count). The molecule has 0 aromatic heterocycles. The molecule has 7 heteroatoms. The molecule has 0 fully saturated rings. The summed E-state index contributed by atoms with van der Waals surface area (Å²) in [5.41, 5.74) is 16.3. The van der Waals surface area contributed by atoms with Gasteiger partial charge >= 0.3 is 0 Å². The van der Waals surface area contributed by atoms with Gasteiger partial charge in [-0.1, -0.05) is 0 Å². The fraction of sp³-hybridized carbons (Fsp3) is 0.182. The van der Waals surface area contributed by atoms with Crippen LogP contribution in [0.3, 0.4) is 0 Å². The van der Waals surface area contributed by atoms with Crippen LogP contribution < -0.4 is 22.5 Å². The Morgan fingerprint density at radius 2 is 1.67 bits per heavy atom. The van der Waals surface area contributed by atoms with Crippen molar-refractivity contribution in [3.05, 3.63) is 29.8 Å². The summed E-state index contributed by atoms with van der Waals surface area (Å²) in [4.78, 5) is 33.5. The topological polar surface area (TPSA) is 141 Å². The lowest BCUT2D eigenvalue weighted by molar-refractivity contribution is -0.124. The smallest absolute Gasteiger partial charge is 0.251 e. The predicted molar refractivity (Wildman–Crippen MR) is 65.1 cm³/mol. The molecule has 3 amide bonds. The molecule has 7 nitrogen and oxygen atoms in total. The Morgan fingerprint density at radius 3 is 2.11 bits per heavy atom. The highest BCUT2D eigenvalue weighted by Crippen LogP contribution is 2.05. The number of anilines is 1. The molecule has 0 saturated heterocycles. The fourth-order valence-electron chi connectivity index (χ4n) is 1.30. The Hall–Kier alpha value is -2.57. The number of primary amides is 2. The summed E-state index contributed by atoms with van der Waals surface area (Å²) < 4.78 is 0. The highest BCUT2D eigenvalue weighted by Gasteiger charge is 2.20. The van der Waals surface area contributed by atoms with Crippen molar-refractivity contribution in [1.82, 2.24) is 5.32 Å². The molecule has 0 aliphatic rings. The first-order valence-corrected chi connectivity index (χ1v) is 5.14. The van der Waals surface area contributed by atoms with E-state index in [1.165, 1.54) is 12.1 Å². The second kappa shape index (κ2) is 5.67. The minimum atomic E-state index is -1.12. The summed E-state index contributed by atoms with van der Waals surface area (Å²) >= 11 is 0. The molecule has 18 heavy (non-hydrogen) atoms. The number of rotatable bonds is 5. The number of carbonyl (C=O) groups is 3. The third kappa shape index (κ3) is 3.78. The van der Waals surface area contributed by atoms with Gasteiger partial charge in [-0.05, 0) is 24.3 Å². The summed E-state index contributed by atoms with van der Waals surface area (Å²) in [6.07, 6.45) is -0.337. The SMILES string of the molecule is NC(=O)C[C@H](NC(=O)c1ccc(N)cc1)C(N)=O. The molecular weight excluding hydrogens is 236 g/mol. The van der Waals surface area contributed by atoms with Crippen LogP contribution in [0.15, 0.2) is 24.3 Å². The van der Waals surface area contributed by atoms with Gasteiger partial charge in [0.2, 0.25) is 11.8 Å². The maximum Gasteiger partial charge on any atom is 0.251 e. The van der Waals surface area contributed by atoms with Crippen molar-refractivity contribution >= 4 is 23.4 Å². The Balaban J connectivity index is 2.75. The summed E-state index contributed by atoms with van der Waals surface area (Å²) in [5, 5.41) is 2.33. The molecular formula is C11H14N4O3. The van der Waals surface area contributed by atoms with Crippen molar-refractivity contribution in [2.24, 2.45) is 11.5 Å². The first kappa shape index (κ1) is 13.5. The number of hydrogen-bond acceptors (Lipinski definition) is 4. The zero-order valence-corrected chi connectivity index (χ0v) is 9.55. The van der Waals surface area contributed by atoms with Crippen LogP contribution in [0.1, 0.15) is 16.8 Å². The molecule has 1 aromatic rings. The zero-order chi connectivity index (χ0) is 13.7. The van der Waals surface area contributed by atoms with Gasteiger partial charge in [0, 0.05) is 11.3 Å². The molecule has 0 heterocycles. The number of hydrogen-bond donors (Lipinski definition) is 4. The lowest BCUT2D eigenvalue weighted by Crippen LogP contribution is -2.46. The van der Waals surface area contributed by atoms with Crippen molar-refractivity contribution in [3.8, 4) is 0 Å². The standard InChI is InChI=1S/C11H14N4O3/c12-7-3-1-6(2-4-7)11(18)15-8(10(14)17)5-9(13)16/h1-4,8H,5,12H2,(H2,13,16)(H2,14,17)(H,15,18)/t8-/m0/s1. The van der Waals surface area contributed by atoms with Gasteiger partial charge in [-0.3, -0.25) is 14.4 Å². The van der Waals surface area contributed by atoms with Crippen molar-refractivity contribution in [3.63, 3.8) is 0 Å². The molecule has 0 bridgehead atoms. The van der Waals surface area contributed by atoms with Gasteiger partial charge in [0.05, 0.1) is 6.42 Å². The molecule has 0 aliphatic carbocycles. The zero-order valence-electron chi connectivity index (χ0n) is 9.55. The monoisotopic (exact) mass is 250 g/mol. The number of amides is 3. The lowest BCUT2D eigenvalue weighted by atomic mass is 10.1. The lowest BCUT2D eigenvalue weighted by Gasteiger charge is -2.13. The van der Waals surface area contributed by atoms with Crippen molar-refractivity contribution in [2.75, 3.05) is 5.73 Å². The second-order valence-corrected chi connectivity index (χ2v) is 3.72. The maximum atomic E-state index is 11.7. The molecule has 0 spiro atoms. The summed E-state index contributed by atoms with van der Waals surface area (Å²) in [6, 6.07) is 4.96. The van der Waals surface area contributed by atoms with Crippen LogP contribution in [-0.4, -0.2) is 23.8 Å². The van der Waals surface area contributed by atoms with Crippen LogP contribution in [0.4, 0.5) is 5.69 Å². The summed E-state index contributed by atoms with van der Waals surface area (Å²) in [5.74, 6) is -2.07. The molecule has 1 aromatic carbocycles. The average molecular weight is 250 g/mol. The van der Waals surface area contributed by atoms with Crippen molar-refractivity contribution < 1.29 is 14.4 Å². The van der Waals surface area contributed by atoms with Crippen LogP contribution in [0.2, 0.25) is 0 Å². The van der Waals surface area contributed by atoms with Crippen LogP contribution in [-0.2, 0) is 9.59 Å². The molecule has 1 atom stereocenters. The highest BCUT2D eigenvalue weighted by atomic mass is 16.2. The van der Waals surface area contributed by atoms with Crippen LogP contribution >= 0.6 is 0 Å². The van der Waals surface area contributed by atoms with Gasteiger partial charge in [0.15, 0.2) is 0 Å². The summed E-state index contributed by atoms with van der Waals surface area (Å²) in [6.45, 7) is 0. The molecule has 7 N–H and O–H groups in total. The maximum absolute atomic E-state index is 11.7. The van der Waals surface area contributed by atoms with Crippen LogP contribution in [0.5, 0.6) is 0 Å². The third-order valence-electron chi connectivity index (χ3n) is 2.23. The predicted octanol–water partition coefficient (Wildman–Crippen LogP) is -1.27. The normalized spacial score (nSPS) is 11.6. The molecule has 0 unspecified atom stereocenters. The first-order chi connectivity index (χ1) is 8.40. The van der Waals surface area contributed by atoms with E-state index in [1.807, 2.05) is 0 Å². The van der Waals surface area contributed by atoms with E-state index in [4.69, 9.17) is 17.2 Å². The van der Waals surface area contributed by atoms with E-state index in [-0.39, 0.29) is 6.42 Å². The number of nitrogen functional groups attached to an aromatic ring is 1. The van der Waals surface area contributed by atoms with Crippen LogP contribution in [0, 0.1) is 0 Å². The van der Waals surface area contributed by atoms with E-state index in [9.17, 15) is 14.4 Å². The average Bonchev–Trinajstić information content (AvgIpc) is 2.28. The largest absolute Gasteiger partial charge is 0.399 e. The molecule has 0 radical (unpaired) electrons. The second-order valence-electron chi connectivity index (χ2n) is 3.72. The van der Waals surface area contributed by atoms with Gasteiger partial charge in [-0.15, -0.1) is 0 Å². The van der Waals surface area contributed by atoms with Crippen LogP contribution in [0.25, 0.3) is 0 Å². The number of benzene rings is 1. The number of nitrogens with one attached hydrogen (secondary N) is 1.